The Bertz CT molecular complexity index is 1410. The SMILES string of the molecule is CC(C)C[C@H](NC(=O)[C@H](Cc1ccccc1)NC(=O)CNC(=O)CNC1([C@@H](N)Cc2ccc(O)cc2)COC1)C(=O)O.O=C(O)C(F)(F)F. The highest BCUT2D eigenvalue weighted by Crippen LogP contribution is 2.23. The molecule has 0 spiro atoms. The molecule has 14 nitrogen and oxygen atoms in total. The number of halogens is 3. The van der Waals surface area contributed by atoms with Crippen LogP contribution in [0.4, 0.5) is 13.2 Å². The van der Waals surface area contributed by atoms with Gasteiger partial charge in [-0.25, -0.2) is 9.59 Å². The Morgan fingerprint density at radius 2 is 1.43 bits per heavy atom. The smallest absolute Gasteiger partial charge is 0.490 e. The molecule has 2 aromatic rings. The number of carbonyl (C=O) groups excluding carboxylic acids is 3. The van der Waals surface area contributed by atoms with E-state index in [9.17, 15) is 42.6 Å². The number of phenols is 1. The fourth-order valence-corrected chi connectivity index (χ4v) is 4.62. The molecule has 3 rings (SSSR count). The topological polar surface area (TPSA) is 229 Å². The third-order valence-electron chi connectivity index (χ3n) is 7.37. The van der Waals surface area contributed by atoms with Gasteiger partial charge in [0.15, 0.2) is 0 Å². The summed E-state index contributed by atoms with van der Waals surface area (Å²) < 4.78 is 37.1. The van der Waals surface area contributed by atoms with Crippen LogP contribution in [0.5, 0.6) is 5.75 Å². The van der Waals surface area contributed by atoms with Crippen LogP contribution in [0, 0.1) is 5.92 Å². The van der Waals surface area contributed by atoms with E-state index in [4.69, 9.17) is 20.4 Å². The first kappa shape index (κ1) is 40.4. The average molecular weight is 698 g/mol. The maximum Gasteiger partial charge on any atom is 0.490 e. The fourth-order valence-electron chi connectivity index (χ4n) is 4.62. The van der Waals surface area contributed by atoms with Crippen LogP contribution in [0.1, 0.15) is 31.4 Å². The van der Waals surface area contributed by atoms with Crippen molar-refractivity contribution in [1.29, 1.82) is 0 Å². The summed E-state index contributed by atoms with van der Waals surface area (Å²) in [4.78, 5) is 59.0. The van der Waals surface area contributed by atoms with Crippen LogP contribution < -0.4 is 27.0 Å². The number of hydrogen-bond acceptors (Lipinski definition) is 9. The van der Waals surface area contributed by atoms with E-state index in [-0.39, 0.29) is 43.6 Å². The van der Waals surface area contributed by atoms with E-state index in [2.05, 4.69) is 21.3 Å². The van der Waals surface area contributed by atoms with Gasteiger partial charge in [-0.2, -0.15) is 13.2 Å². The first-order valence-corrected chi connectivity index (χ1v) is 15.2. The summed E-state index contributed by atoms with van der Waals surface area (Å²) in [5.74, 6) is -5.38. The minimum atomic E-state index is -5.08. The second-order valence-corrected chi connectivity index (χ2v) is 11.9. The van der Waals surface area contributed by atoms with Crippen LogP contribution in [0.3, 0.4) is 0 Å². The first-order valence-electron chi connectivity index (χ1n) is 15.2. The maximum absolute atomic E-state index is 13.1. The van der Waals surface area contributed by atoms with Crippen molar-refractivity contribution in [3.8, 4) is 5.75 Å². The van der Waals surface area contributed by atoms with Crippen molar-refractivity contribution in [3.63, 3.8) is 0 Å². The molecular weight excluding hydrogens is 655 g/mol. The molecule has 0 aromatic heterocycles. The van der Waals surface area contributed by atoms with E-state index in [1.165, 1.54) is 0 Å². The molecule has 49 heavy (non-hydrogen) atoms. The zero-order valence-corrected chi connectivity index (χ0v) is 27.0. The summed E-state index contributed by atoms with van der Waals surface area (Å²) in [7, 11) is 0. The summed E-state index contributed by atoms with van der Waals surface area (Å²) in [6.45, 7) is 3.87. The summed E-state index contributed by atoms with van der Waals surface area (Å²) in [5, 5.41) is 37.0. The Labute approximate surface area is 280 Å². The molecule has 0 aliphatic carbocycles. The largest absolute Gasteiger partial charge is 0.508 e. The lowest BCUT2D eigenvalue weighted by molar-refractivity contribution is -0.192. The number of carbonyl (C=O) groups is 5. The van der Waals surface area contributed by atoms with Gasteiger partial charge in [0, 0.05) is 12.5 Å². The van der Waals surface area contributed by atoms with Crippen LogP contribution in [-0.4, -0.2) is 101 Å². The van der Waals surface area contributed by atoms with Crippen molar-refractivity contribution in [2.45, 2.75) is 63.0 Å². The minimum absolute atomic E-state index is 0.0328. The number of phenolic OH excluding ortho intramolecular Hbond substituents is 1. The lowest BCUT2D eigenvalue weighted by Gasteiger charge is -2.46. The Kier molecular flexibility index (Phi) is 15.4. The number of rotatable bonds is 16. The molecule has 1 aliphatic heterocycles. The number of nitrogens with two attached hydrogens (primary N) is 1. The number of carboxylic acid groups (broad SMARTS) is 2. The highest BCUT2D eigenvalue weighted by molar-refractivity contribution is 5.92. The highest BCUT2D eigenvalue weighted by Gasteiger charge is 2.44. The number of alkyl halides is 3. The highest BCUT2D eigenvalue weighted by atomic mass is 19.4. The van der Waals surface area contributed by atoms with Crippen molar-refractivity contribution in [3.05, 3.63) is 65.7 Å². The monoisotopic (exact) mass is 697 g/mol. The number of amides is 3. The van der Waals surface area contributed by atoms with Crippen LogP contribution in [0.25, 0.3) is 0 Å². The Hall–Kier alpha value is -4.74. The lowest BCUT2D eigenvalue weighted by Crippen LogP contribution is -2.71. The van der Waals surface area contributed by atoms with Crippen molar-refractivity contribution < 1.29 is 57.2 Å². The van der Waals surface area contributed by atoms with E-state index < -0.39 is 53.5 Å². The normalized spacial score (nSPS) is 15.3. The van der Waals surface area contributed by atoms with E-state index in [0.29, 0.717) is 19.6 Å². The second-order valence-electron chi connectivity index (χ2n) is 11.9. The predicted octanol–water partition coefficient (Wildman–Crippen LogP) is 0.713. The number of hydrogen-bond donors (Lipinski definition) is 8. The minimum Gasteiger partial charge on any atom is -0.508 e. The van der Waals surface area contributed by atoms with Crippen molar-refractivity contribution in [1.82, 2.24) is 21.3 Å². The molecular formula is C32H42F3N5O9. The van der Waals surface area contributed by atoms with Gasteiger partial charge in [0.05, 0.1) is 31.8 Å². The van der Waals surface area contributed by atoms with Crippen LogP contribution in [0.2, 0.25) is 0 Å². The van der Waals surface area contributed by atoms with Crippen LogP contribution >= 0.6 is 0 Å². The van der Waals surface area contributed by atoms with Gasteiger partial charge in [0.1, 0.15) is 17.8 Å². The number of aromatic hydroxyl groups is 1. The molecule has 1 saturated heterocycles. The third kappa shape index (κ3) is 14.1. The fraction of sp³-hybridized carbons (Fsp3) is 0.469. The molecule has 0 saturated carbocycles. The molecule has 0 bridgehead atoms. The Morgan fingerprint density at radius 3 is 1.92 bits per heavy atom. The van der Waals surface area contributed by atoms with Gasteiger partial charge in [-0.05, 0) is 42.0 Å². The number of carboxylic acids is 2. The summed E-state index contributed by atoms with van der Waals surface area (Å²) in [6, 6.07) is 13.3. The van der Waals surface area contributed by atoms with Gasteiger partial charge in [0.25, 0.3) is 0 Å². The van der Waals surface area contributed by atoms with Gasteiger partial charge >= 0.3 is 18.1 Å². The van der Waals surface area contributed by atoms with Gasteiger partial charge in [-0.3, -0.25) is 19.7 Å². The first-order chi connectivity index (χ1) is 22.9. The molecule has 3 atom stereocenters. The molecule has 1 fully saturated rings. The quantitative estimate of drug-likeness (QED) is 0.122. The molecule has 0 unspecified atom stereocenters. The molecule has 17 heteroatoms. The summed E-state index contributed by atoms with van der Waals surface area (Å²) >= 11 is 0. The zero-order chi connectivity index (χ0) is 36.8. The Balaban J connectivity index is 0.00000107. The van der Waals surface area contributed by atoms with E-state index in [1.54, 1.807) is 48.5 Å². The number of benzene rings is 2. The average Bonchev–Trinajstić information content (AvgIpc) is 3.00. The second kappa shape index (κ2) is 18.7. The Morgan fingerprint density at radius 1 is 0.857 bits per heavy atom. The summed E-state index contributed by atoms with van der Waals surface area (Å²) in [5.41, 5.74) is 7.53. The van der Waals surface area contributed by atoms with Crippen LogP contribution in [0.15, 0.2) is 54.6 Å². The number of aliphatic carboxylic acids is 2. The summed E-state index contributed by atoms with van der Waals surface area (Å²) in [6.07, 6.45) is -4.20. The van der Waals surface area contributed by atoms with Gasteiger partial charge in [0.2, 0.25) is 17.7 Å². The van der Waals surface area contributed by atoms with E-state index in [1.807, 2.05) is 19.9 Å². The molecule has 270 valence electrons. The van der Waals surface area contributed by atoms with Crippen molar-refractivity contribution in [2.24, 2.45) is 11.7 Å². The molecule has 0 radical (unpaired) electrons. The van der Waals surface area contributed by atoms with Gasteiger partial charge in [-0.1, -0.05) is 56.3 Å². The molecule has 1 heterocycles. The lowest BCUT2D eigenvalue weighted by atomic mass is 9.84. The molecule has 2 aromatic carbocycles. The number of nitrogens with one attached hydrogen (secondary N) is 4. The van der Waals surface area contributed by atoms with E-state index in [0.717, 1.165) is 11.1 Å². The molecule has 9 N–H and O–H groups in total. The van der Waals surface area contributed by atoms with E-state index >= 15 is 0 Å². The zero-order valence-electron chi connectivity index (χ0n) is 27.0. The van der Waals surface area contributed by atoms with Crippen molar-refractivity contribution in [2.75, 3.05) is 26.3 Å². The predicted molar refractivity (Wildman–Crippen MR) is 169 cm³/mol. The number of ether oxygens (including phenoxy) is 1. The molecule has 1 aliphatic rings. The van der Waals surface area contributed by atoms with Gasteiger partial charge < -0.3 is 41.7 Å². The standard InChI is InChI=1S/C30H41N5O7.C2HF3O2/c1-19(2)12-24(29(40)41)35-28(39)23(13-20-6-4-3-5-7-20)34-27(38)15-32-26(37)16-33-30(17-42-18-30)25(31)14-21-8-10-22(36)11-9-21;3-2(4,5)1(6)7/h3-11,19,23-25,33,36H,12-18,31H2,1-2H3,(H,32,37)(H,34,38)(H,35,39)(H,40,41);(H,6,7)/t23-,24-,25-;/m0./s1. The van der Waals surface area contributed by atoms with Gasteiger partial charge in [-0.15, -0.1) is 0 Å². The maximum atomic E-state index is 13.1. The van der Waals surface area contributed by atoms with Crippen LogP contribution in [-0.2, 0) is 41.6 Å². The third-order valence-corrected chi connectivity index (χ3v) is 7.37. The molecule has 3 amide bonds. The van der Waals surface area contributed by atoms with Crippen molar-refractivity contribution >= 4 is 29.7 Å².